The molecule has 0 spiro atoms. The molecular weight excluding hydrogens is 485 g/mol. The highest BCUT2D eigenvalue weighted by atomic mass is 19.4. The summed E-state index contributed by atoms with van der Waals surface area (Å²) in [6.45, 7) is 6.99. The standard InChI is InChI=1S/C27H33F3N4O3/c1-17(2)24-23-21(16-34(24)15-19-4-6-22(7-5-19)27(28,29)30)12-20(14-31-23)25(35)32-13-18-8-10-33(11-9-18)26(36)37-3/h4-7,12,14,17-18,24H,8-11,13,15-16H2,1-3H3,(H,32,35)/t24-/m0/s1. The Morgan fingerprint density at radius 1 is 1.16 bits per heavy atom. The minimum Gasteiger partial charge on any atom is -0.453 e. The van der Waals surface area contributed by atoms with Crippen LogP contribution in [0.3, 0.4) is 0 Å². The average Bonchev–Trinajstić information content (AvgIpc) is 3.24. The molecule has 200 valence electrons. The Kier molecular flexibility index (Phi) is 8.06. The van der Waals surface area contributed by atoms with Crippen LogP contribution < -0.4 is 5.32 Å². The number of likely N-dealkylation sites (tertiary alicyclic amines) is 1. The zero-order valence-corrected chi connectivity index (χ0v) is 21.3. The summed E-state index contributed by atoms with van der Waals surface area (Å²) in [6, 6.07) is 7.15. The van der Waals surface area contributed by atoms with Crippen LogP contribution in [-0.4, -0.2) is 53.5 Å². The van der Waals surface area contributed by atoms with Crippen molar-refractivity contribution in [3.8, 4) is 0 Å². The zero-order valence-electron chi connectivity index (χ0n) is 21.3. The molecule has 1 N–H and O–H groups in total. The minimum atomic E-state index is -4.36. The summed E-state index contributed by atoms with van der Waals surface area (Å²) in [5.41, 5.74) is 2.50. The number of halogens is 3. The number of pyridine rings is 1. The van der Waals surface area contributed by atoms with E-state index in [2.05, 4.69) is 29.0 Å². The van der Waals surface area contributed by atoms with E-state index in [0.29, 0.717) is 38.3 Å². The van der Waals surface area contributed by atoms with E-state index in [1.54, 1.807) is 11.1 Å². The molecule has 1 aromatic heterocycles. The molecule has 0 saturated carbocycles. The second kappa shape index (κ2) is 11.1. The van der Waals surface area contributed by atoms with Gasteiger partial charge in [0.15, 0.2) is 0 Å². The van der Waals surface area contributed by atoms with E-state index in [9.17, 15) is 22.8 Å². The summed E-state index contributed by atoms with van der Waals surface area (Å²) < 4.78 is 43.5. The molecule has 10 heteroatoms. The molecule has 2 aromatic rings. The Hall–Kier alpha value is -3.14. The van der Waals surface area contributed by atoms with Crippen LogP contribution in [0.2, 0.25) is 0 Å². The highest BCUT2D eigenvalue weighted by molar-refractivity contribution is 5.94. The van der Waals surface area contributed by atoms with Gasteiger partial charge in [-0.1, -0.05) is 26.0 Å². The molecule has 0 bridgehead atoms. The summed E-state index contributed by atoms with van der Waals surface area (Å²) >= 11 is 0. The number of aromatic nitrogens is 1. The first-order valence-electron chi connectivity index (χ1n) is 12.6. The minimum absolute atomic E-state index is 0.00870. The van der Waals surface area contributed by atoms with Crippen LogP contribution in [0, 0.1) is 11.8 Å². The van der Waals surface area contributed by atoms with Gasteiger partial charge >= 0.3 is 12.3 Å². The number of hydrogen-bond donors (Lipinski definition) is 1. The van der Waals surface area contributed by atoms with Gasteiger partial charge in [0.1, 0.15) is 0 Å². The number of rotatable bonds is 6. The number of carbonyl (C=O) groups is 2. The lowest BCUT2D eigenvalue weighted by Gasteiger charge is -2.30. The average molecular weight is 519 g/mol. The molecule has 37 heavy (non-hydrogen) atoms. The maximum Gasteiger partial charge on any atom is 0.416 e. The van der Waals surface area contributed by atoms with Crippen molar-refractivity contribution in [1.82, 2.24) is 20.1 Å². The third-order valence-electron chi connectivity index (χ3n) is 7.21. The number of methoxy groups -OCH3 is 1. The van der Waals surface area contributed by atoms with Crippen LogP contribution in [0.5, 0.6) is 0 Å². The Labute approximate surface area is 215 Å². The molecule has 2 amide bonds. The van der Waals surface area contributed by atoms with Crippen molar-refractivity contribution in [1.29, 1.82) is 0 Å². The van der Waals surface area contributed by atoms with Gasteiger partial charge in [0.05, 0.1) is 30.0 Å². The van der Waals surface area contributed by atoms with Gasteiger partial charge < -0.3 is 15.0 Å². The summed E-state index contributed by atoms with van der Waals surface area (Å²) in [5.74, 6) is 0.337. The Morgan fingerprint density at radius 2 is 1.84 bits per heavy atom. The molecule has 4 rings (SSSR count). The number of fused-ring (bicyclic) bond motifs is 1. The molecule has 3 heterocycles. The summed E-state index contributed by atoms with van der Waals surface area (Å²) in [5, 5.41) is 3.00. The van der Waals surface area contributed by atoms with Crippen LogP contribution >= 0.6 is 0 Å². The predicted octanol–water partition coefficient (Wildman–Crippen LogP) is 5.02. The number of hydrogen-bond acceptors (Lipinski definition) is 5. The fourth-order valence-corrected chi connectivity index (χ4v) is 5.24. The number of nitrogens with zero attached hydrogens (tertiary/aromatic N) is 3. The number of piperidine rings is 1. The van der Waals surface area contributed by atoms with Gasteiger partial charge in [0, 0.05) is 38.9 Å². The van der Waals surface area contributed by atoms with Gasteiger partial charge in [-0.15, -0.1) is 0 Å². The fourth-order valence-electron chi connectivity index (χ4n) is 5.24. The lowest BCUT2D eigenvalue weighted by molar-refractivity contribution is -0.137. The number of ether oxygens (including phenoxy) is 1. The van der Waals surface area contributed by atoms with Crippen LogP contribution in [0.15, 0.2) is 36.5 Å². The van der Waals surface area contributed by atoms with Crippen molar-refractivity contribution >= 4 is 12.0 Å². The van der Waals surface area contributed by atoms with E-state index in [-0.39, 0.29) is 29.9 Å². The van der Waals surface area contributed by atoms with E-state index in [0.717, 1.165) is 41.8 Å². The third-order valence-corrected chi connectivity index (χ3v) is 7.21. The van der Waals surface area contributed by atoms with Gasteiger partial charge in [0.25, 0.3) is 5.91 Å². The van der Waals surface area contributed by atoms with E-state index in [1.165, 1.54) is 19.2 Å². The summed E-state index contributed by atoms with van der Waals surface area (Å²) in [4.78, 5) is 33.0. The van der Waals surface area contributed by atoms with Crippen molar-refractivity contribution < 1.29 is 27.5 Å². The monoisotopic (exact) mass is 518 g/mol. The van der Waals surface area contributed by atoms with Crippen LogP contribution in [0.25, 0.3) is 0 Å². The van der Waals surface area contributed by atoms with Crippen molar-refractivity contribution in [2.75, 3.05) is 26.7 Å². The highest BCUT2D eigenvalue weighted by Crippen LogP contribution is 2.39. The molecule has 2 aliphatic heterocycles. The molecule has 0 unspecified atom stereocenters. The molecule has 1 atom stereocenters. The summed E-state index contributed by atoms with van der Waals surface area (Å²) in [7, 11) is 1.37. The number of alkyl halides is 3. The Balaban J connectivity index is 1.38. The highest BCUT2D eigenvalue weighted by Gasteiger charge is 2.35. The molecule has 0 aliphatic carbocycles. The quantitative estimate of drug-likeness (QED) is 0.581. The molecular formula is C27H33F3N4O3. The molecule has 7 nitrogen and oxygen atoms in total. The second-order valence-corrected chi connectivity index (χ2v) is 10.2. The van der Waals surface area contributed by atoms with Crippen LogP contribution in [0.1, 0.15) is 65.5 Å². The van der Waals surface area contributed by atoms with Crippen molar-refractivity contribution in [2.24, 2.45) is 11.8 Å². The van der Waals surface area contributed by atoms with Crippen LogP contribution in [0.4, 0.5) is 18.0 Å². The summed E-state index contributed by atoms with van der Waals surface area (Å²) in [6.07, 6.45) is -1.48. The second-order valence-electron chi connectivity index (χ2n) is 10.2. The zero-order chi connectivity index (χ0) is 26.7. The number of carbonyl (C=O) groups excluding carboxylic acids is 2. The number of benzene rings is 1. The first kappa shape index (κ1) is 26.9. The first-order chi connectivity index (χ1) is 17.6. The predicted molar refractivity (Wildman–Crippen MR) is 132 cm³/mol. The van der Waals surface area contributed by atoms with Gasteiger partial charge in [-0.2, -0.15) is 13.2 Å². The lowest BCUT2D eigenvalue weighted by Crippen LogP contribution is -2.41. The maximum atomic E-state index is 12.9. The van der Waals surface area contributed by atoms with Crippen LogP contribution in [-0.2, 0) is 24.0 Å². The van der Waals surface area contributed by atoms with Crippen molar-refractivity contribution in [3.63, 3.8) is 0 Å². The van der Waals surface area contributed by atoms with E-state index in [4.69, 9.17) is 4.74 Å². The SMILES string of the molecule is COC(=O)N1CCC(CNC(=O)c2cnc3c(c2)CN(Cc2ccc(C(F)(F)F)cc2)[C@H]3C(C)C)CC1. The van der Waals surface area contributed by atoms with Crippen molar-refractivity contribution in [2.45, 2.75) is 52.0 Å². The number of nitrogens with one attached hydrogen (secondary N) is 1. The topological polar surface area (TPSA) is 74.8 Å². The Morgan fingerprint density at radius 3 is 2.43 bits per heavy atom. The normalized spacial score (nSPS) is 18.7. The van der Waals surface area contributed by atoms with Gasteiger partial charge in [-0.3, -0.25) is 14.7 Å². The van der Waals surface area contributed by atoms with Crippen molar-refractivity contribution in [3.05, 3.63) is 64.5 Å². The molecule has 1 aromatic carbocycles. The molecule has 1 saturated heterocycles. The molecule has 1 fully saturated rings. The third kappa shape index (κ3) is 6.23. The van der Waals surface area contributed by atoms with E-state index in [1.807, 2.05) is 6.07 Å². The first-order valence-corrected chi connectivity index (χ1v) is 12.6. The molecule has 2 aliphatic rings. The van der Waals surface area contributed by atoms with Gasteiger partial charge in [-0.25, -0.2) is 4.79 Å². The largest absolute Gasteiger partial charge is 0.453 e. The maximum absolute atomic E-state index is 12.9. The van der Waals surface area contributed by atoms with Gasteiger partial charge in [0.2, 0.25) is 0 Å². The number of amides is 2. The fraction of sp³-hybridized carbons (Fsp3) is 0.519. The Bertz CT molecular complexity index is 1110. The van der Waals surface area contributed by atoms with Gasteiger partial charge in [-0.05, 0) is 54.0 Å². The van der Waals surface area contributed by atoms with E-state index < -0.39 is 11.7 Å². The smallest absolute Gasteiger partial charge is 0.416 e. The molecule has 0 radical (unpaired) electrons. The lowest BCUT2D eigenvalue weighted by atomic mass is 9.97. The van der Waals surface area contributed by atoms with E-state index >= 15 is 0 Å².